The largest absolute Gasteiger partial charge is 0.492 e. The number of hydrogen-bond donors (Lipinski definition) is 0. The highest BCUT2D eigenvalue weighted by molar-refractivity contribution is 9.10. The van der Waals surface area contributed by atoms with Crippen LogP contribution in [0, 0.1) is 0 Å². The number of nitrogens with zero attached hydrogens (tertiary/aromatic N) is 1. The Morgan fingerprint density at radius 3 is 2.67 bits per heavy atom. The summed E-state index contributed by atoms with van der Waals surface area (Å²) in [6.07, 6.45) is 2.77. The first-order chi connectivity index (χ1) is 12.9. The van der Waals surface area contributed by atoms with E-state index in [0.29, 0.717) is 26.5 Å². The van der Waals surface area contributed by atoms with Gasteiger partial charge in [-0.05, 0) is 80.3 Å². The summed E-state index contributed by atoms with van der Waals surface area (Å²) in [5, 5.41) is 0.525. The minimum Gasteiger partial charge on any atom is -0.492 e. The van der Waals surface area contributed by atoms with Gasteiger partial charge in [-0.2, -0.15) is 0 Å². The molecule has 8 heteroatoms. The van der Waals surface area contributed by atoms with Gasteiger partial charge in [0, 0.05) is 4.47 Å². The van der Waals surface area contributed by atoms with Crippen LogP contribution in [0.4, 0.5) is 5.69 Å². The quantitative estimate of drug-likeness (QED) is 0.296. The van der Waals surface area contributed by atoms with Gasteiger partial charge in [-0.1, -0.05) is 48.6 Å². The molecular weight excluding hydrogens is 534 g/mol. The lowest BCUT2D eigenvalue weighted by molar-refractivity contribution is -0.113. The van der Waals surface area contributed by atoms with Gasteiger partial charge in [0.25, 0.3) is 5.91 Å². The normalized spacial score (nSPS) is 15.7. The Bertz CT molecular complexity index is 949. The van der Waals surface area contributed by atoms with Gasteiger partial charge < -0.3 is 4.74 Å². The van der Waals surface area contributed by atoms with Gasteiger partial charge in [-0.25, -0.2) is 0 Å². The Morgan fingerprint density at radius 2 is 2.00 bits per heavy atom. The molecule has 3 nitrogen and oxygen atoms in total. The van der Waals surface area contributed by atoms with Crippen LogP contribution in [-0.2, 0) is 4.79 Å². The van der Waals surface area contributed by atoms with Gasteiger partial charge in [0.05, 0.1) is 26.7 Å². The molecule has 0 N–H and O–H groups in total. The predicted molar refractivity (Wildman–Crippen MR) is 125 cm³/mol. The summed E-state index contributed by atoms with van der Waals surface area (Å²) in [5.74, 6) is 0.622. The van der Waals surface area contributed by atoms with E-state index in [1.807, 2.05) is 24.3 Å². The smallest absolute Gasteiger partial charge is 0.270 e. The highest BCUT2D eigenvalue weighted by Crippen LogP contribution is 2.38. The van der Waals surface area contributed by atoms with E-state index in [1.54, 1.807) is 18.2 Å². The average molecular weight is 548 g/mol. The molecule has 0 atom stereocenters. The monoisotopic (exact) mass is 545 g/mol. The second kappa shape index (κ2) is 9.09. The lowest BCUT2D eigenvalue weighted by atomic mass is 10.2. The number of rotatable bonds is 5. The number of anilines is 1. The van der Waals surface area contributed by atoms with Crippen LogP contribution in [-0.4, -0.2) is 16.8 Å². The zero-order chi connectivity index (χ0) is 19.6. The summed E-state index contributed by atoms with van der Waals surface area (Å²) in [6.45, 7) is 2.72. The second-order valence-corrected chi connectivity index (χ2v) is 9.45. The van der Waals surface area contributed by atoms with Crippen LogP contribution in [0.15, 0.2) is 50.2 Å². The molecule has 2 aromatic carbocycles. The molecule has 1 aliphatic rings. The van der Waals surface area contributed by atoms with Crippen molar-refractivity contribution in [3.8, 4) is 5.75 Å². The fraction of sp³-hybridized carbons (Fsp3) is 0.158. The van der Waals surface area contributed by atoms with E-state index in [2.05, 4.69) is 38.8 Å². The summed E-state index contributed by atoms with van der Waals surface area (Å²) in [6, 6.07) is 11.1. The van der Waals surface area contributed by atoms with Gasteiger partial charge >= 0.3 is 0 Å². The van der Waals surface area contributed by atoms with Crippen LogP contribution >= 0.6 is 67.4 Å². The first-order valence-electron chi connectivity index (χ1n) is 8.06. The number of amides is 1. The van der Waals surface area contributed by atoms with Gasteiger partial charge in [0.15, 0.2) is 4.32 Å². The average Bonchev–Trinajstić information content (AvgIpc) is 2.90. The maximum atomic E-state index is 12.9. The third-order valence-corrected chi connectivity index (χ3v) is 6.82. The first kappa shape index (κ1) is 20.9. The zero-order valence-electron chi connectivity index (χ0n) is 14.2. The lowest BCUT2D eigenvalue weighted by Crippen LogP contribution is -2.27. The van der Waals surface area contributed by atoms with Crippen molar-refractivity contribution in [2.75, 3.05) is 11.5 Å². The number of halogens is 3. The van der Waals surface area contributed by atoms with Crippen molar-refractivity contribution < 1.29 is 9.53 Å². The first-order valence-corrected chi connectivity index (χ1v) is 11.2. The fourth-order valence-electron chi connectivity index (χ4n) is 2.40. The molecule has 0 aromatic heterocycles. The molecule has 0 bridgehead atoms. The number of carbonyl (C=O) groups excluding carboxylic acids is 1. The molecule has 27 heavy (non-hydrogen) atoms. The van der Waals surface area contributed by atoms with Crippen molar-refractivity contribution in [1.82, 2.24) is 0 Å². The van der Waals surface area contributed by atoms with Gasteiger partial charge in [-0.15, -0.1) is 0 Å². The minimum absolute atomic E-state index is 0.161. The maximum absolute atomic E-state index is 12.9. The molecule has 1 heterocycles. The van der Waals surface area contributed by atoms with Crippen LogP contribution in [0.2, 0.25) is 5.02 Å². The van der Waals surface area contributed by atoms with E-state index in [1.165, 1.54) is 16.7 Å². The van der Waals surface area contributed by atoms with Crippen LogP contribution in [0.3, 0.4) is 0 Å². The molecule has 3 rings (SSSR count). The molecule has 0 aliphatic carbocycles. The van der Waals surface area contributed by atoms with Crippen LogP contribution in [0.25, 0.3) is 6.08 Å². The molecule has 0 unspecified atom stereocenters. The molecule has 1 aliphatic heterocycles. The fourth-order valence-corrected chi connectivity index (χ4v) is 4.63. The van der Waals surface area contributed by atoms with E-state index >= 15 is 0 Å². The number of hydrogen-bond acceptors (Lipinski definition) is 4. The SMILES string of the molecule is CCCOc1ccc(/C=C2\SC(=S)N(c3ccc(Br)c(Cl)c3)C2=O)cc1Br. The summed E-state index contributed by atoms with van der Waals surface area (Å²) < 4.78 is 7.75. The van der Waals surface area contributed by atoms with Gasteiger partial charge in [0.1, 0.15) is 5.75 Å². The van der Waals surface area contributed by atoms with Crippen LogP contribution in [0.5, 0.6) is 5.75 Å². The Morgan fingerprint density at radius 1 is 1.22 bits per heavy atom. The van der Waals surface area contributed by atoms with Crippen molar-refractivity contribution in [3.05, 3.63) is 60.8 Å². The van der Waals surface area contributed by atoms with Crippen molar-refractivity contribution in [1.29, 1.82) is 0 Å². The highest BCUT2D eigenvalue weighted by atomic mass is 79.9. The van der Waals surface area contributed by atoms with Crippen LogP contribution in [0.1, 0.15) is 18.9 Å². The van der Waals surface area contributed by atoms with Crippen molar-refractivity contribution in [2.24, 2.45) is 0 Å². The number of thioether (sulfide) groups is 1. The summed E-state index contributed by atoms with van der Waals surface area (Å²) in [4.78, 5) is 14.9. The molecule has 1 saturated heterocycles. The molecule has 1 fully saturated rings. The third-order valence-electron chi connectivity index (χ3n) is 3.67. The molecule has 1 amide bonds. The Balaban J connectivity index is 1.86. The van der Waals surface area contributed by atoms with E-state index in [9.17, 15) is 4.79 Å². The molecule has 0 radical (unpaired) electrons. The van der Waals surface area contributed by atoms with E-state index < -0.39 is 0 Å². The summed E-state index contributed by atoms with van der Waals surface area (Å²) >= 11 is 19.7. The molecular formula is C19H14Br2ClNO2S2. The maximum Gasteiger partial charge on any atom is 0.270 e. The molecule has 0 spiro atoms. The van der Waals surface area contributed by atoms with Gasteiger partial charge in [-0.3, -0.25) is 9.69 Å². The number of ether oxygens (including phenoxy) is 1. The Labute approximate surface area is 189 Å². The highest BCUT2D eigenvalue weighted by Gasteiger charge is 2.33. The van der Waals surface area contributed by atoms with Crippen molar-refractivity contribution in [2.45, 2.75) is 13.3 Å². The third kappa shape index (κ3) is 4.77. The number of benzene rings is 2. The van der Waals surface area contributed by atoms with Crippen molar-refractivity contribution in [3.63, 3.8) is 0 Å². The zero-order valence-corrected chi connectivity index (χ0v) is 19.7. The number of thiocarbonyl (C=S) groups is 1. The molecule has 140 valence electrons. The Kier molecular flexibility index (Phi) is 7.03. The number of carbonyl (C=O) groups is 1. The second-order valence-electron chi connectivity index (χ2n) is 5.65. The van der Waals surface area contributed by atoms with Crippen LogP contribution < -0.4 is 9.64 Å². The summed E-state index contributed by atoms with van der Waals surface area (Å²) in [5.41, 5.74) is 1.54. The predicted octanol–water partition coefficient (Wildman–Crippen LogP) is 7.06. The van der Waals surface area contributed by atoms with Crippen molar-refractivity contribution >= 4 is 89.4 Å². The summed E-state index contributed by atoms with van der Waals surface area (Å²) in [7, 11) is 0. The standard InChI is InChI=1S/C19H14Br2ClNO2S2/c1-2-7-25-16-6-3-11(8-14(16)21)9-17-18(24)23(19(26)27-17)12-4-5-13(20)15(22)10-12/h3-6,8-10H,2,7H2,1H3/b17-9-. The van der Waals surface area contributed by atoms with Gasteiger partial charge in [0.2, 0.25) is 0 Å². The van der Waals surface area contributed by atoms with E-state index in [0.717, 1.165) is 26.7 Å². The van der Waals surface area contributed by atoms with E-state index in [-0.39, 0.29) is 5.91 Å². The topological polar surface area (TPSA) is 29.5 Å². The van der Waals surface area contributed by atoms with E-state index in [4.69, 9.17) is 28.6 Å². The Hall–Kier alpha value is -0.860. The molecule has 2 aromatic rings. The minimum atomic E-state index is -0.161. The molecule has 0 saturated carbocycles. The lowest BCUT2D eigenvalue weighted by Gasteiger charge is -2.15.